The van der Waals surface area contributed by atoms with E-state index in [1.54, 1.807) is 0 Å². The molecule has 10 heteroatoms. The number of nitrogens with zero attached hydrogens (tertiary/aromatic N) is 2. The quantitative estimate of drug-likeness (QED) is 0.424. The minimum Gasteiger partial charge on any atom is -0.454 e. The number of rotatable bonds is 5. The largest absolute Gasteiger partial charge is 0.454 e. The molecule has 0 fully saturated rings. The van der Waals surface area contributed by atoms with Crippen LogP contribution in [0.25, 0.3) is 6.08 Å². The molecule has 0 aromatic heterocycles. The van der Waals surface area contributed by atoms with E-state index < -0.39 is 22.6 Å². The van der Waals surface area contributed by atoms with Gasteiger partial charge in [-0.1, -0.05) is 12.1 Å². The summed E-state index contributed by atoms with van der Waals surface area (Å²) in [7, 11) is 1.47. The summed E-state index contributed by atoms with van der Waals surface area (Å²) in [5.74, 6) is 0.109. The monoisotopic (exact) mass is 408 g/mol. The van der Waals surface area contributed by atoms with E-state index in [2.05, 4.69) is 0 Å². The average molecular weight is 408 g/mol. The Morgan fingerprint density at radius 3 is 2.41 bits per heavy atom. The molecule has 0 N–H and O–H groups in total. The van der Waals surface area contributed by atoms with Gasteiger partial charge >= 0.3 is 6.18 Å². The highest BCUT2D eigenvalue weighted by Gasteiger charge is 2.30. The maximum atomic E-state index is 12.6. The van der Waals surface area contributed by atoms with Crippen LogP contribution in [-0.2, 0) is 17.5 Å². The van der Waals surface area contributed by atoms with Crippen LogP contribution >= 0.6 is 0 Å². The van der Waals surface area contributed by atoms with Gasteiger partial charge in [-0.25, -0.2) is 0 Å². The molecule has 0 saturated heterocycles. The zero-order chi connectivity index (χ0) is 21.2. The third kappa shape index (κ3) is 4.65. The zero-order valence-electron chi connectivity index (χ0n) is 15.1. The number of carbonyl (C=O) groups is 1. The van der Waals surface area contributed by atoms with Gasteiger partial charge in [0.25, 0.3) is 5.69 Å². The van der Waals surface area contributed by atoms with Crippen molar-refractivity contribution >= 4 is 17.7 Å². The van der Waals surface area contributed by atoms with Gasteiger partial charge in [0.15, 0.2) is 11.5 Å². The van der Waals surface area contributed by atoms with E-state index in [9.17, 15) is 28.1 Å². The molecule has 0 atom stereocenters. The first-order valence-corrected chi connectivity index (χ1v) is 8.32. The van der Waals surface area contributed by atoms with Gasteiger partial charge in [-0.15, -0.1) is 0 Å². The highest BCUT2D eigenvalue weighted by Crippen LogP contribution is 2.38. The molecule has 3 rings (SSSR count). The number of halogens is 3. The minimum atomic E-state index is -4.43. The van der Waals surface area contributed by atoms with E-state index in [1.165, 1.54) is 42.3 Å². The molecule has 1 amide bonds. The van der Waals surface area contributed by atoms with Gasteiger partial charge in [0.05, 0.1) is 22.1 Å². The van der Waals surface area contributed by atoms with Gasteiger partial charge in [0.1, 0.15) is 0 Å². The predicted molar refractivity (Wildman–Crippen MR) is 96.2 cm³/mol. The topological polar surface area (TPSA) is 81.9 Å². The molecule has 7 nitrogen and oxygen atoms in total. The number of likely N-dealkylation sites (N-methyl/N-ethyl adjacent to an activating group) is 1. The molecule has 29 heavy (non-hydrogen) atoms. The summed E-state index contributed by atoms with van der Waals surface area (Å²) in [4.78, 5) is 24.2. The Kier molecular flexibility index (Phi) is 5.44. The third-order valence-corrected chi connectivity index (χ3v) is 4.20. The van der Waals surface area contributed by atoms with Crippen molar-refractivity contribution in [3.05, 3.63) is 69.3 Å². The highest BCUT2D eigenvalue weighted by atomic mass is 19.4. The van der Waals surface area contributed by atoms with E-state index in [4.69, 9.17) is 9.47 Å². The predicted octanol–water partition coefficient (Wildman–Crippen LogP) is 4.01. The Morgan fingerprint density at radius 2 is 1.83 bits per heavy atom. The van der Waals surface area contributed by atoms with E-state index in [-0.39, 0.29) is 30.3 Å². The first-order valence-electron chi connectivity index (χ1n) is 8.32. The van der Waals surface area contributed by atoms with Crippen LogP contribution in [0.3, 0.4) is 0 Å². The number of alkyl halides is 3. The van der Waals surface area contributed by atoms with Crippen molar-refractivity contribution in [2.75, 3.05) is 13.8 Å². The SMILES string of the molecule is CN(Cc1ccc(C(F)(F)F)cc1)C(=O)/C=C/c1cc2c(cc1[N+](=O)[O-])OCO2. The van der Waals surface area contributed by atoms with Gasteiger partial charge in [0, 0.05) is 19.7 Å². The normalized spacial score (nSPS) is 13.0. The van der Waals surface area contributed by atoms with Crippen LogP contribution in [-0.4, -0.2) is 29.6 Å². The lowest BCUT2D eigenvalue weighted by Crippen LogP contribution is -2.24. The van der Waals surface area contributed by atoms with Gasteiger partial charge in [-0.05, 0) is 29.8 Å². The van der Waals surface area contributed by atoms with Crippen molar-refractivity contribution in [1.82, 2.24) is 4.90 Å². The van der Waals surface area contributed by atoms with E-state index in [0.29, 0.717) is 11.3 Å². The molecule has 0 radical (unpaired) electrons. The first kappa shape index (κ1) is 20.2. The van der Waals surface area contributed by atoms with Crippen molar-refractivity contribution < 1.29 is 32.4 Å². The molecule has 0 saturated carbocycles. The lowest BCUT2D eigenvalue weighted by molar-refractivity contribution is -0.385. The number of carbonyl (C=O) groups excluding carboxylic acids is 1. The zero-order valence-corrected chi connectivity index (χ0v) is 15.1. The molecular formula is C19H15F3N2O5. The number of hydrogen-bond donors (Lipinski definition) is 0. The maximum Gasteiger partial charge on any atom is 0.416 e. The van der Waals surface area contributed by atoms with Crippen LogP contribution in [0.2, 0.25) is 0 Å². The fraction of sp³-hybridized carbons (Fsp3) is 0.211. The van der Waals surface area contributed by atoms with Gasteiger partial charge in [-0.3, -0.25) is 14.9 Å². The van der Waals surface area contributed by atoms with Gasteiger partial charge in [0.2, 0.25) is 12.7 Å². The summed E-state index contributed by atoms with van der Waals surface area (Å²) in [5.41, 5.74) is -0.347. The molecule has 1 aliphatic rings. The molecule has 2 aromatic rings. The molecule has 0 bridgehead atoms. The van der Waals surface area contributed by atoms with Crippen LogP contribution in [0.15, 0.2) is 42.5 Å². The number of fused-ring (bicyclic) bond motifs is 1. The van der Waals surface area contributed by atoms with Crippen molar-refractivity contribution in [2.24, 2.45) is 0 Å². The Balaban J connectivity index is 1.71. The van der Waals surface area contributed by atoms with Crippen molar-refractivity contribution in [2.45, 2.75) is 12.7 Å². The fourth-order valence-corrected chi connectivity index (χ4v) is 2.68. The maximum absolute atomic E-state index is 12.6. The second kappa shape index (κ2) is 7.82. The van der Waals surface area contributed by atoms with E-state index >= 15 is 0 Å². The summed E-state index contributed by atoms with van der Waals surface area (Å²) < 4.78 is 48.1. The van der Waals surface area contributed by atoms with Crippen LogP contribution in [0, 0.1) is 10.1 Å². The van der Waals surface area contributed by atoms with E-state index in [1.807, 2.05) is 0 Å². The Morgan fingerprint density at radius 1 is 1.21 bits per heavy atom. The smallest absolute Gasteiger partial charge is 0.416 e. The van der Waals surface area contributed by atoms with E-state index in [0.717, 1.165) is 18.2 Å². The lowest BCUT2D eigenvalue weighted by atomic mass is 10.1. The van der Waals surface area contributed by atoms with Crippen molar-refractivity contribution in [3.63, 3.8) is 0 Å². The van der Waals surface area contributed by atoms with Crippen LogP contribution in [0.4, 0.5) is 18.9 Å². The molecule has 2 aromatic carbocycles. The third-order valence-electron chi connectivity index (χ3n) is 4.20. The first-order chi connectivity index (χ1) is 13.6. The highest BCUT2D eigenvalue weighted by molar-refractivity contribution is 5.92. The number of benzene rings is 2. The molecule has 0 spiro atoms. The fourth-order valence-electron chi connectivity index (χ4n) is 2.68. The summed E-state index contributed by atoms with van der Waals surface area (Å²) >= 11 is 0. The minimum absolute atomic E-state index is 0.0472. The number of nitro groups is 1. The van der Waals surface area contributed by atoms with Crippen LogP contribution < -0.4 is 9.47 Å². The summed E-state index contributed by atoms with van der Waals surface area (Å²) in [6.45, 7) is 0.0268. The lowest BCUT2D eigenvalue weighted by Gasteiger charge is -2.16. The van der Waals surface area contributed by atoms with Gasteiger partial charge in [-0.2, -0.15) is 13.2 Å². The number of amides is 1. The molecule has 0 unspecified atom stereocenters. The molecule has 1 aliphatic heterocycles. The Bertz CT molecular complexity index is 971. The summed E-state index contributed by atoms with van der Waals surface area (Å²) in [5, 5.41) is 11.2. The van der Waals surface area contributed by atoms with Gasteiger partial charge < -0.3 is 14.4 Å². The van der Waals surface area contributed by atoms with Crippen LogP contribution in [0.1, 0.15) is 16.7 Å². The summed E-state index contributed by atoms with van der Waals surface area (Å²) in [6, 6.07) is 7.09. The number of hydrogen-bond acceptors (Lipinski definition) is 5. The molecule has 1 heterocycles. The molecular weight excluding hydrogens is 393 g/mol. The number of ether oxygens (including phenoxy) is 2. The Labute approximate surface area is 163 Å². The summed E-state index contributed by atoms with van der Waals surface area (Å²) in [6.07, 6.45) is -2.00. The standard InChI is InChI=1S/C19H15F3N2O5/c1-23(10-12-2-5-14(6-3-12)19(20,21)22)18(25)7-4-13-8-16-17(29-11-28-16)9-15(13)24(26)27/h2-9H,10-11H2,1H3/b7-4+. The number of nitro benzene ring substituents is 1. The second-order valence-corrected chi connectivity index (χ2v) is 6.24. The average Bonchev–Trinajstić information content (AvgIpc) is 3.12. The molecule has 0 aliphatic carbocycles. The molecule has 152 valence electrons. The van der Waals surface area contributed by atoms with Crippen LogP contribution in [0.5, 0.6) is 11.5 Å². The van der Waals surface area contributed by atoms with Crippen molar-refractivity contribution in [1.29, 1.82) is 0 Å². The Hall–Kier alpha value is -3.56. The van der Waals surface area contributed by atoms with Crippen molar-refractivity contribution in [3.8, 4) is 11.5 Å². The second-order valence-electron chi connectivity index (χ2n) is 6.24.